The zero-order chi connectivity index (χ0) is 20.9. The van der Waals surface area contributed by atoms with E-state index in [0.717, 1.165) is 32.2 Å². The van der Waals surface area contributed by atoms with Crippen molar-refractivity contribution >= 4 is 17.1 Å². The first-order valence-corrected chi connectivity index (χ1v) is 9.79. The quantitative estimate of drug-likeness (QED) is 0.256. The molecule has 1 aromatic carbocycles. The van der Waals surface area contributed by atoms with Gasteiger partial charge < -0.3 is 20.3 Å². The Morgan fingerprint density at radius 2 is 2.00 bits per heavy atom. The highest BCUT2D eigenvalue weighted by molar-refractivity contribution is 6.07. The van der Waals surface area contributed by atoms with E-state index in [2.05, 4.69) is 12.2 Å². The first-order valence-electron chi connectivity index (χ1n) is 9.79. The number of phenolic OH excluding ortho intramolecular Hbond substituents is 1. The molecule has 1 atom stereocenters. The second-order valence-corrected chi connectivity index (χ2v) is 7.16. The molecular formula is C22H33NO5. The number of aromatic hydroxyl groups is 1. The standard InChI is InChI=1S/C22H33NO5/c1-16(14-23-2)7-5-4-6-8-19(25)13-20(26)11-18(15-24)17-9-10-21(27)22(12-17)28-3/h9-12,16,23-24,27H,4-8,13-15H2,1-3H3/b18-11+/t16-/m1/s1. The summed E-state index contributed by atoms with van der Waals surface area (Å²) in [6.07, 6.45) is 5.54. The molecule has 0 heterocycles. The van der Waals surface area contributed by atoms with Crippen molar-refractivity contribution in [1.82, 2.24) is 5.32 Å². The Balaban J connectivity index is 2.48. The van der Waals surface area contributed by atoms with Crippen LogP contribution in [0.2, 0.25) is 0 Å². The lowest BCUT2D eigenvalue weighted by Gasteiger charge is -2.09. The number of ketones is 2. The molecular weight excluding hydrogens is 358 g/mol. The minimum absolute atomic E-state index is 0.0228. The van der Waals surface area contributed by atoms with E-state index in [4.69, 9.17) is 4.74 Å². The number of nitrogens with one attached hydrogen (secondary N) is 1. The lowest BCUT2D eigenvalue weighted by Crippen LogP contribution is -2.15. The van der Waals surface area contributed by atoms with E-state index in [1.807, 2.05) is 7.05 Å². The smallest absolute Gasteiger partial charge is 0.163 e. The van der Waals surface area contributed by atoms with Crippen LogP contribution in [0.4, 0.5) is 0 Å². The first kappa shape index (κ1) is 23.9. The minimum atomic E-state index is -0.349. The van der Waals surface area contributed by atoms with E-state index in [1.54, 1.807) is 12.1 Å². The first-order chi connectivity index (χ1) is 13.4. The monoisotopic (exact) mass is 391 g/mol. The molecule has 0 fully saturated rings. The Bertz CT molecular complexity index is 669. The van der Waals surface area contributed by atoms with Gasteiger partial charge in [0.1, 0.15) is 5.78 Å². The molecule has 0 aliphatic heterocycles. The van der Waals surface area contributed by atoms with Crippen molar-refractivity contribution < 1.29 is 24.5 Å². The third kappa shape index (κ3) is 8.67. The van der Waals surface area contributed by atoms with Gasteiger partial charge in [-0.3, -0.25) is 9.59 Å². The van der Waals surface area contributed by atoms with Crippen LogP contribution in [0.1, 0.15) is 51.0 Å². The molecule has 28 heavy (non-hydrogen) atoms. The fraction of sp³-hybridized carbons (Fsp3) is 0.545. The summed E-state index contributed by atoms with van der Waals surface area (Å²) in [4.78, 5) is 24.2. The highest BCUT2D eigenvalue weighted by Gasteiger charge is 2.11. The van der Waals surface area contributed by atoms with Crippen molar-refractivity contribution in [2.45, 2.75) is 45.4 Å². The number of aliphatic hydroxyl groups is 1. The van der Waals surface area contributed by atoms with Crippen LogP contribution in [-0.4, -0.2) is 49.1 Å². The number of hydrogen-bond donors (Lipinski definition) is 3. The summed E-state index contributed by atoms with van der Waals surface area (Å²) in [5.41, 5.74) is 0.947. The summed E-state index contributed by atoms with van der Waals surface area (Å²) >= 11 is 0. The summed E-state index contributed by atoms with van der Waals surface area (Å²) in [6.45, 7) is 2.85. The Morgan fingerprint density at radius 3 is 2.64 bits per heavy atom. The summed E-state index contributed by atoms with van der Waals surface area (Å²) in [7, 11) is 3.37. The van der Waals surface area contributed by atoms with E-state index in [-0.39, 0.29) is 36.1 Å². The second-order valence-electron chi connectivity index (χ2n) is 7.16. The van der Waals surface area contributed by atoms with Crippen LogP contribution in [0.5, 0.6) is 11.5 Å². The van der Waals surface area contributed by atoms with E-state index in [9.17, 15) is 19.8 Å². The SMILES string of the molecule is CNC[C@H](C)CCCCCC(=O)CC(=O)/C=C(\CO)c1ccc(O)c(OC)c1. The van der Waals surface area contributed by atoms with E-state index < -0.39 is 0 Å². The molecule has 0 radical (unpaired) electrons. The van der Waals surface area contributed by atoms with Crippen molar-refractivity contribution in [2.24, 2.45) is 5.92 Å². The predicted octanol–water partition coefficient (Wildman–Crippen LogP) is 3.11. The number of allylic oxidation sites excluding steroid dienone is 1. The van der Waals surface area contributed by atoms with Crippen molar-refractivity contribution in [3.05, 3.63) is 29.8 Å². The minimum Gasteiger partial charge on any atom is -0.504 e. The van der Waals surface area contributed by atoms with E-state index >= 15 is 0 Å². The molecule has 1 aromatic rings. The van der Waals surface area contributed by atoms with Gasteiger partial charge in [-0.05, 0) is 61.7 Å². The number of unbranched alkanes of at least 4 members (excludes halogenated alkanes) is 2. The molecule has 0 aliphatic carbocycles. The van der Waals surface area contributed by atoms with Crippen LogP contribution in [0, 0.1) is 5.92 Å². The number of aliphatic hydroxyl groups excluding tert-OH is 1. The highest BCUT2D eigenvalue weighted by atomic mass is 16.5. The van der Waals surface area contributed by atoms with Crippen LogP contribution in [0.3, 0.4) is 0 Å². The Kier molecular flexibility index (Phi) is 11.1. The molecule has 0 spiro atoms. The molecule has 156 valence electrons. The molecule has 1 rings (SSSR count). The van der Waals surface area contributed by atoms with Crippen molar-refractivity contribution in [3.63, 3.8) is 0 Å². The van der Waals surface area contributed by atoms with Gasteiger partial charge in [0.15, 0.2) is 17.3 Å². The van der Waals surface area contributed by atoms with Crippen LogP contribution < -0.4 is 10.1 Å². The number of carbonyl (C=O) groups excluding carboxylic acids is 2. The molecule has 0 aliphatic rings. The molecule has 0 unspecified atom stereocenters. The fourth-order valence-electron chi connectivity index (χ4n) is 3.07. The van der Waals surface area contributed by atoms with E-state index in [1.165, 1.54) is 19.3 Å². The number of phenols is 1. The molecule has 6 heteroatoms. The number of rotatable bonds is 14. The Morgan fingerprint density at radius 1 is 1.25 bits per heavy atom. The maximum atomic E-state index is 12.2. The van der Waals surface area contributed by atoms with Crippen LogP contribution >= 0.6 is 0 Å². The maximum absolute atomic E-state index is 12.2. The van der Waals surface area contributed by atoms with E-state index in [0.29, 0.717) is 23.5 Å². The van der Waals surface area contributed by atoms with Gasteiger partial charge in [0.25, 0.3) is 0 Å². The maximum Gasteiger partial charge on any atom is 0.163 e. The molecule has 3 N–H and O–H groups in total. The third-order valence-corrected chi connectivity index (χ3v) is 4.63. The molecule has 0 bridgehead atoms. The highest BCUT2D eigenvalue weighted by Crippen LogP contribution is 2.29. The molecule has 6 nitrogen and oxygen atoms in total. The summed E-state index contributed by atoms with van der Waals surface area (Å²) < 4.78 is 5.04. The number of hydrogen-bond acceptors (Lipinski definition) is 6. The Labute approximate surface area is 167 Å². The van der Waals surface area contributed by atoms with Gasteiger partial charge in [0.2, 0.25) is 0 Å². The summed E-state index contributed by atoms with van der Waals surface area (Å²) in [5, 5.41) is 22.4. The zero-order valence-electron chi connectivity index (χ0n) is 17.2. The molecule has 0 saturated heterocycles. The van der Waals surface area contributed by atoms with Crippen molar-refractivity contribution in [3.8, 4) is 11.5 Å². The van der Waals surface area contributed by atoms with Gasteiger partial charge >= 0.3 is 0 Å². The zero-order valence-corrected chi connectivity index (χ0v) is 17.2. The van der Waals surface area contributed by atoms with Crippen molar-refractivity contribution in [2.75, 3.05) is 27.3 Å². The van der Waals surface area contributed by atoms with Crippen LogP contribution in [0.15, 0.2) is 24.3 Å². The summed E-state index contributed by atoms with van der Waals surface area (Å²) in [5.74, 6) is 0.450. The number of ether oxygens (including phenoxy) is 1. The van der Waals surface area contributed by atoms with Crippen LogP contribution in [0.25, 0.3) is 5.57 Å². The van der Waals surface area contributed by atoms with Crippen LogP contribution in [-0.2, 0) is 9.59 Å². The fourth-order valence-corrected chi connectivity index (χ4v) is 3.07. The Hall–Kier alpha value is -2.18. The van der Waals surface area contributed by atoms with Crippen molar-refractivity contribution in [1.29, 1.82) is 0 Å². The topological polar surface area (TPSA) is 95.9 Å². The van der Waals surface area contributed by atoms with Gasteiger partial charge in [0, 0.05) is 6.42 Å². The normalized spacial score (nSPS) is 12.6. The third-order valence-electron chi connectivity index (χ3n) is 4.63. The van der Waals surface area contributed by atoms with Gasteiger partial charge in [-0.1, -0.05) is 25.8 Å². The summed E-state index contributed by atoms with van der Waals surface area (Å²) in [6, 6.07) is 4.57. The average Bonchev–Trinajstić information content (AvgIpc) is 2.66. The molecule has 0 aromatic heterocycles. The molecule has 0 saturated carbocycles. The lowest BCUT2D eigenvalue weighted by molar-refractivity contribution is -0.124. The largest absolute Gasteiger partial charge is 0.504 e. The number of Topliss-reactive ketones (excluding diaryl/α,β-unsaturated/α-hetero) is 1. The van der Waals surface area contributed by atoms with Gasteiger partial charge in [-0.2, -0.15) is 0 Å². The number of benzene rings is 1. The van der Waals surface area contributed by atoms with Gasteiger partial charge in [0.05, 0.1) is 20.1 Å². The average molecular weight is 392 g/mol. The molecule has 0 amide bonds. The second kappa shape index (κ2) is 13.1. The number of carbonyl (C=O) groups is 2. The van der Waals surface area contributed by atoms with Gasteiger partial charge in [-0.25, -0.2) is 0 Å². The number of methoxy groups -OCH3 is 1. The lowest BCUT2D eigenvalue weighted by atomic mass is 10.00. The van der Waals surface area contributed by atoms with Gasteiger partial charge in [-0.15, -0.1) is 0 Å². The predicted molar refractivity (Wildman–Crippen MR) is 111 cm³/mol.